The highest BCUT2D eigenvalue weighted by Gasteiger charge is 2.26. The summed E-state index contributed by atoms with van der Waals surface area (Å²) in [6.45, 7) is 4.54. The second kappa shape index (κ2) is 7.83. The van der Waals surface area contributed by atoms with Crippen molar-refractivity contribution in [3.8, 4) is 5.75 Å². The predicted molar refractivity (Wildman–Crippen MR) is 95.9 cm³/mol. The van der Waals surface area contributed by atoms with E-state index in [9.17, 15) is 9.59 Å². The van der Waals surface area contributed by atoms with Gasteiger partial charge in [0.25, 0.3) is 11.8 Å². The van der Waals surface area contributed by atoms with Gasteiger partial charge in [0.2, 0.25) is 0 Å². The largest absolute Gasteiger partial charge is 0.493 e. The first kappa shape index (κ1) is 17.0. The molecule has 130 valence electrons. The summed E-state index contributed by atoms with van der Waals surface area (Å²) in [6, 6.07) is 16.5. The van der Waals surface area contributed by atoms with E-state index in [0.29, 0.717) is 49.7 Å². The van der Waals surface area contributed by atoms with Gasteiger partial charge in [0.05, 0.1) is 12.2 Å². The third-order valence-corrected chi connectivity index (χ3v) is 4.29. The van der Waals surface area contributed by atoms with Crippen LogP contribution in [0.1, 0.15) is 27.6 Å². The number of piperazine rings is 1. The maximum atomic E-state index is 12.8. The van der Waals surface area contributed by atoms with E-state index in [-0.39, 0.29) is 11.8 Å². The first-order valence-electron chi connectivity index (χ1n) is 8.56. The van der Waals surface area contributed by atoms with Crippen LogP contribution in [0.3, 0.4) is 0 Å². The van der Waals surface area contributed by atoms with Gasteiger partial charge in [0, 0.05) is 31.7 Å². The van der Waals surface area contributed by atoms with E-state index in [4.69, 9.17) is 4.74 Å². The summed E-state index contributed by atoms with van der Waals surface area (Å²) in [7, 11) is 0. The Morgan fingerprint density at radius 2 is 1.40 bits per heavy atom. The molecule has 1 saturated heterocycles. The molecule has 3 rings (SSSR count). The molecule has 0 radical (unpaired) electrons. The fourth-order valence-electron chi connectivity index (χ4n) is 2.97. The summed E-state index contributed by atoms with van der Waals surface area (Å²) in [4.78, 5) is 28.9. The number of carbonyl (C=O) groups excluding carboxylic acids is 2. The highest BCUT2D eigenvalue weighted by Crippen LogP contribution is 2.21. The molecule has 2 aromatic rings. The quantitative estimate of drug-likeness (QED) is 0.861. The molecule has 0 aromatic heterocycles. The van der Waals surface area contributed by atoms with Crippen LogP contribution in [0.4, 0.5) is 0 Å². The standard InChI is InChI=1S/C20H22N2O3/c1-2-25-18-11-7-6-10-17(18)20(24)22-14-12-21(13-15-22)19(23)16-8-4-3-5-9-16/h3-11H,2,12-15H2,1H3. The number of nitrogens with zero attached hydrogens (tertiary/aromatic N) is 2. The van der Waals surface area contributed by atoms with Crippen molar-refractivity contribution in [2.45, 2.75) is 6.92 Å². The van der Waals surface area contributed by atoms with Crippen molar-refractivity contribution in [2.75, 3.05) is 32.8 Å². The molecule has 1 aliphatic rings. The van der Waals surface area contributed by atoms with Gasteiger partial charge in [0.1, 0.15) is 5.75 Å². The van der Waals surface area contributed by atoms with Gasteiger partial charge in [-0.05, 0) is 31.2 Å². The number of amides is 2. The smallest absolute Gasteiger partial charge is 0.257 e. The number of hydrogen-bond acceptors (Lipinski definition) is 3. The highest BCUT2D eigenvalue weighted by molar-refractivity contribution is 5.97. The average molecular weight is 338 g/mol. The van der Waals surface area contributed by atoms with Crippen LogP contribution in [-0.2, 0) is 0 Å². The van der Waals surface area contributed by atoms with Crippen molar-refractivity contribution in [1.29, 1.82) is 0 Å². The zero-order valence-electron chi connectivity index (χ0n) is 14.4. The van der Waals surface area contributed by atoms with E-state index in [0.717, 1.165) is 0 Å². The summed E-state index contributed by atoms with van der Waals surface area (Å²) < 4.78 is 5.55. The Labute approximate surface area is 147 Å². The molecular weight excluding hydrogens is 316 g/mol. The molecule has 5 nitrogen and oxygen atoms in total. The topological polar surface area (TPSA) is 49.9 Å². The lowest BCUT2D eigenvalue weighted by atomic mass is 10.1. The monoisotopic (exact) mass is 338 g/mol. The maximum absolute atomic E-state index is 12.8. The normalized spacial score (nSPS) is 14.3. The Morgan fingerprint density at radius 1 is 0.840 bits per heavy atom. The third-order valence-electron chi connectivity index (χ3n) is 4.29. The van der Waals surface area contributed by atoms with Crippen molar-refractivity contribution in [1.82, 2.24) is 9.80 Å². The molecule has 1 aliphatic heterocycles. The molecule has 0 spiro atoms. The molecule has 0 aliphatic carbocycles. The Morgan fingerprint density at radius 3 is 2.04 bits per heavy atom. The Balaban J connectivity index is 1.64. The molecule has 0 saturated carbocycles. The van der Waals surface area contributed by atoms with Crippen LogP contribution in [0.2, 0.25) is 0 Å². The van der Waals surface area contributed by atoms with Gasteiger partial charge >= 0.3 is 0 Å². The second-order valence-electron chi connectivity index (χ2n) is 5.88. The second-order valence-corrected chi connectivity index (χ2v) is 5.88. The average Bonchev–Trinajstić information content (AvgIpc) is 2.68. The molecule has 0 N–H and O–H groups in total. The number of ether oxygens (including phenoxy) is 1. The Kier molecular flexibility index (Phi) is 5.33. The lowest BCUT2D eigenvalue weighted by molar-refractivity contribution is 0.0533. The first-order chi connectivity index (χ1) is 12.2. The van der Waals surface area contributed by atoms with Gasteiger partial charge in [-0.15, -0.1) is 0 Å². The Hall–Kier alpha value is -2.82. The van der Waals surface area contributed by atoms with Crippen molar-refractivity contribution in [3.05, 3.63) is 65.7 Å². The lowest BCUT2D eigenvalue weighted by Crippen LogP contribution is -2.50. The van der Waals surface area contributed by atoms with Crippen molar-refractivity contribution in [2.24, 2.45) is 0 Å². The number of para-hydroxylation sites is 1. The van der Waals surface area contributed by atoms with Gasteiger partial charge in [0.15, 0.2) is 0 Å². The van der Waals surface area contributed by atoms with Crippen LogP contribution in [0.15, 0.2) is 54.6 Å². The van der Waals surface area contributed by atoms with E-state index in [1.807, 2.05) is 55.5 Å². The molecule has 2 amide bonds. The Bertz CT molecular complexity index is 738. The van der Waals surface area contributed by atoms with E-state index < -0.39 is 0 Å². The van der Waals surface area contributed by atoms with E-state index in [1.165, 1.54) is 0 Å². The van der Waals surface area contributed by atoms with Crippen molar-refractivity contribution in [3.63, 3.8) is 0 Å². The van der Waals surface area contributed by atoms with Crippen LogP contribution in [0, 0.1) is 0 Å². The van der Waals surface area contributed by atoms with Crippen LogP contribution >= 0.6 is 0 Å². The van der Waals surface area contributed by atoms with Crippen LogP contribution < -0.4 is 4.74 Å². The number of benzene rings is 2. The van der Waals surface area contributed by atoms with Gasteiger partial charge in [-0.1, -0.05) is 30.3 Å². The fraction of sp³-hybridized carbons (Fsp3) is 0.300. The first-order valence-corrected chi connectivity index (χ1v) is 8.56. The molecular formula is C20H22N2O3. The highest BCUT2D eigenvalue weighted by atomic mass is 16.5. The zero-order valence-corrected chi connectivity index (χ0v) is 14.4. The summed E-state index contributed by atoms with van der Waals surface area (Å²) >= 11 is 0. The number of carbonyl (C=O) groups is 2. The summed E-state index contributed by atoms with van der Waals surface area (Å²) in [5.74, 6) is 0.580. The minimum Gasteiger partial charge on any atom is -0.493 e. The van der Waals surface area contributed by atoms with Crippen LogP contribution in [0.25, 0.3) is 0 Å². The number of hydrogen-bond donors (Lipinski definition) is 0. The molecule has 0 unspecified atom stereocenters. The summed E-state index contributed by atoms with van der Waals surface area (Å²) in [6.07, 6.45) is 0. The van der Waals surface area contributed by atoms with Gasteiger partial charge in [-0.25, -0.2) is 0 Å². The van der Waals surface area contributed by atoms with Gasteiger partial charge in [-0.2, -0.15) is 0 Å². The fourth-order valence-corrected chi connectivity index (χ4v) is 2.97. The van der Waals surface area contributed by atoms with E-state index in [1.54, 1.807) is 15.9 Å². The van der Waals surface area contributed by atoms with E-state index in [2.05, 4.69) is 0 Å². The lowest BCUT2D eigenvalue weighted by Gasteiger charge is -2.35. The minimum absolute atomic E-state index is 0.0161. The molecule has 25 heavy (non-hydrogen) atoms. The number of rotatable bonds is 4. The molecule has 5 heteroatoms. The van der Waals surface area contributed by atoms with Gasteiger partial charge in [-0.3, -0.25) is 9.59 Å². The molecule has 2 aromatic carbocycles. The van der Waals surface area contributed by atoms with Gasteiger partial charge < -0.3 is 14.5 Å². The van der Waals surface area contributed by atoms with E-state index >= 15 is 0 Å². The zero-order chi connectivity index (χ0) is 17.6. The minimum atomic E-state index is -0.0455. The van der Waals surface area contributed by atoms with Crippen LogP contribution in [0.5, 0.6) is 5.75 Å². The summed E-state index contributed by atoms with van der Waals surface area (Å²) in [5.41, 5.74) is 1.26. The van der Waals surface area contributed by atoms with Crippen molar-refractivity contribution < 1.29 is 14.3 Å². The third kappa shape index (κ3) is 3.82. The predicted octanol–water partition coefficient (Wildman–Crippen LogP) is 2.68. The maximum Gasteiger partial charge on any atom is 0.257 e. The molecule has 1 fully saturated rings. The molecule has 0 atom stereocenters. The van der Waals surface area contributed by atoms with Crippen LogP contribution in [-0.4, -0.2) is 54.4 Å². The molecule has 1 heterocycles. The summed E-state index contributed by atoms with van der Waals surface area (Å²) in [5, 5.41) is 0. The molecule has 0 bridgehead atoms. The van der Waals surface area contributed by atoms with Crippen molar-refractivity contribution >= 4 is 11.8 Å². The SMILES string of the molecule is CCOc1ccccc1C(=O)N1CCN(C(=O)c2ccccc2)CC1.